The lowest BCUT2D eigenvalue weighted by molar-refractivity contribution is 0.0955. The number of hydrogen-bond donors (Lipinski definition) is 0. The molecule has 1 aliphatic heterocycles. The first-order valence-electron chi connectivity index (χ1n) is 5.73. The molecule has 0 aliphatic carbocycles. The molecule has 0 aromatic heterocycles. The Kier molecular flexibility index (Phi) is 2.87. The van der Waals surface area contributed by atoms with Crippen molar-refractivity contribution >= 4 is 17.5 Å². The van der Waals surface area contributed by atoms with Crippen molar-refractivity contribution in [1.29, 1.82) is 0 Å². The zero-order valence-electron chi connectivity index (χ0n) is 10.3. The van der Waals surface area contributed by atoms with Gasteiger partial charge in [0, 0.05) is 11.3 Å². The van der Waals surface area contributed by atoms with E-state index >= 15 is 0 Å². The van der Waals surface area contributed by atoms with E-state index in [0.717, 1.165) is 11.3 Å². The molecule has 0 amide bonds. The molecule has 0 saturated heterocycles. The highest BCUT2D eigenvalue weighted by Gasteiger charge is 2.34. The number of rotatable bonds is 1. The summed E-state index contributed by atoms with van der Waals surface area (Å²) in [5.41, 5.74) is 3.39. The van der Waals surface area contributed by atoms with Crippen LogP contribution in [0, 0.1) is 0 Å². The van der Waals surface area contributed by atoms with Crippen LogP contribution in [0.3, 0.4) is 0 Å². The number of hydrogen-bond acceptors (Lipinski definition) is 2. The second-order valence-corrected chi connectivity index (χ2v) is 6.80. The fourth-order valence-electron chi connectivity index (χ4n) is 1.94. The van der Waals surface area contributed by atoms with Crippen molar-refractivity contribution in [2.45, 2.75) is 44.1 Å². The van der Waals surface area contributed by atoms with Crippen LogP contribution in [0.2, 0.25) is 0 Å². The molecule has 0 saturated carbocycles. The van der Waals surface area contributed by atoms with Crippen LogP contribution in [0.15, 0.2) is 18.2 Å². The number of carbonyl (C=O) groups excluding carboxylic acids is 1. The monoisotopic (exact) mass is 234 g/mol. The van der Waals surface area contributed by atoms with E-state index in [4.69, 9.17) is 0 Å². The molecule has 0 atom stereocenters. The van der Waals surface area contributed by atoms with Gasteiger partial charge in [-0.05, 0) is 37.0 Å². The molecule has 1 aromatic carbocycles. The van der Waals surface area contributed by atoms with Gasteiger partial charge < -0.3 is 0 Å². The molecule has 1 aliphatic rings. The average molecular weight is 234 g/mol. The van der Waals surface area contributed by atoms with Gasteiger partial charge >= 0.3 is 0 Å². The fraction of sp³-hybridized carbons (Fsp3) is 0.500. The van der Waals surface area contributed by atoms with E-state index in [1.807, 2.05) is 13.8 Å². The minimum atomic E-state index is -0.261. The van der Waals surface area contributed by atoms with E-state index in [9.17, 15) is 4.79 Å². The summed E-state index contributed by atoms with van der Waals surface area (Å²) in [6, 6.07) is 6.35. The third kappa shape index (κ3) is 1.91. The summed E-state index contributed by atoms with van der Waals surface area (Å²) >= 11 is 1.74. The molecule has 2 heteroatoms. The molecule has 0 bridgehead atoms. The summed E-state index contributed by atoms with van der Waals surface area (Å²) in [6.45, 7) is 8.36. The van der Waals surface area contributed by atoms with E-state index in [2.05, 4.69) is 32.0 Å². The van der Waals surface area contributed by atoms with Crippen LogP contribution in [0.5, 0.6) is 0 Å². The highest BCUT2D eigenvalue weighted by molar-refractivity contribution is 8.00. The summed E-state index contributed by atoms with van der Waals surface area (Å²) in [4.78, 5) is 12.3. The summed E-state index contributed by atoms with van der Waals surface area (Å²) in [7, 11) is 0. The van der Waals surface area contributed by atoms with Crippen LogP contribution < -0.4 is 0 Å². The Morgan fingerprint density at radius 2 is 2.00 bits per heavy atom. The molecule has 86 valence electrons. The first-order chi connectivity index (χ1) is 7.42. The van der Waals surface area contributed by atoms with E-state index in [1.54, 1.807) is 11.8 Å². The van der Waals surface area contributed by atoms with Gasteiger partial charge in [-0.25, -0.2) is 0 Å². The minimum absolute atomic E-state index is 0.261. The highest BCUT2D eigenvalue weighted by Crippen LogP contribution is 2.38. The summed E-state index contributed by atoms with van der Waals surface area (Å²) in [5.74, 6) is 1.71. The summed E-state index contributed by atoms with van der Waals surface area (Å²) in [6.07, 6.45) is 0. The summed E-state index contributed by atoms with van der Waals surface area (Å²) < 4.78 is -0.261. The minimum Gasteiger partial charge on any atom is -0.293 e. The quantitative estimate of drug-likeness (QED) is 0.730. The SMILES string of the molecule is CC(C)c1ccc2c(c1)C(=O)C(C)(C)SC2. The van der Waals surface area contributed by atoms with Crippen molar-refractivity contribution in [1.82, 2.24) is 0 Å². The molecule has 1 nitrogen and oxygen atoms in total. The van der Waals surface area contributed by atoms with E-state index in [-0.39, 0.29) is 10.5 Å². The van der Waals surface area contributed by atoms with Gasteiger partial charge in [0.15, 0.2) is 5.78 Å². The van der Waals surface area contributed by atoms with Gasteiger partial charge in [-0.1, -0.05) is 26.0 Å². The number of ketones is 1. The first kappa shape index (κ1) is 11.7. The molecule has 0 radical (unpaired) electrons. The second-order valence-electron chi connectivity index (χ2n) is 5.20. The third-order valence-electron chi connectivity index (χ3n) is 3.18. The Morgan fingerprint density at radius 1 is 1.31 bits per heavy atom. The Labute approximate surface area is 102 Å². The number of Topliss-reactive ketones (excluding diaryl/α,β-unsaturated/α-hetero) is 1. The molecular formula is C14H18OS. The van der Waals surface area contributed by atoms with Crippen LogP contribution in [-0.2, 0) is 5.75 Å². The van der Waals surface area contributed by atoms with Crippen molar-refractivity contribution < 1.29 is 4.79 Å². The van der Waals surface area contributed by atoms with Crippen LogP contribution in [-0.4, -0.2) is 10.5 Å². The predicted octanol–water partition coefficient (Wildman–Crippen LogP) is 4.02. The zero-order valence-corrected chi connectivity index (χ0v) is 11.1. The molecule has 2 rings (SSSR count). The first-order valence-corrected chi connectivity index (χ1v) is 6.72. The number of fused-ring (bicyclic) bond motifs is 1. The lowest BCUT2D eigenvalue weighted by Gasteiger charge is -2.29. The molecule has 0 N–H and O–H groups in total. The van der Waals surface area contributed by atoms with Crippen molar-refractivity contribution in [3.05, 3.63) is 34.9 Å². The van der Waals surface area contributed by atoms with Gasteiger partial charge in [0.2, 0.25) is 0 Å². The molecule has 1 aromatic rings. The van der Waals surface area contributed by atoms with E-state index in [0.29, 0.717) is 5.92 Å². The maximum absolute atomic E-state index is 12.3. The second kappa shape index (κ2) is 3.92. The number of thioether (sulfide) groups is 1. The van der Waals surface area contributed by atoms with Crippen molar-refractivity contribution in [3.8, 4) is 0 Å². The van der Waals surface area contributed by atoms with Gasteiger partial charge in [-0.3, -0.25) is 4.79 Å². The largest absolute Gasteiger partial charge is 0.293 e. The molecule has 0 unspecified atom stereocenters. The van der Waals surface area contributed by atoms with Gasteiger partial charge in [-0.15, -0.1) is 11.8 Å². The number of carbonyl (C=O) groups is 1. The highest BCUT2D eigenvalue weighted by atomic mass is 32.2. The third-order valence-corrected chi connectivity index (χ3v) is 4.54. The lowest BCUT2D eigenvalue weighted by atomic mass is 9.91. The number of benzene rings is 1. The van der Waals surface area contributed by atoms with Crippen LogP contribution in [0.25, 0.3) is 0 Å². The maximum atomic E-state index is 12.3. The standard InChI is InChI=1S/C14H18OS/c1-9(2)10-5-6-11-8-16-14(3,4)13(15)12(11)7-10/h5-7,9H,8H2,1-4H3. The maximum Gasteiger partial charge on any atom is 0.178 e. The van der Waals surface area contributed by atoms with E-state index < -0.39 is 0 Å². The van der Waals surface area contributed by atoms with Crippen molar-refractivity contribution in [2.75, 3.05) is 0 Å². The molecule has 0 fully saturated rings. The Bertz CT molecular complexity index is 432. The van der Waals surface area contributed by atoms with Crippen LogP contribution >= 0.6 is 11.8 Å². The zero-order chi connectivity index (χ0) is 11.9. The van der Waals surface area contributed by atoms with E-state index in [1.165, 1.54) is 11.1 Å². The van der Waals surface area contributed by atoms with Gasteiger partial charge in [0.05, 0.1) is 4.75 Å². The topological polar surface area (TPSA) is 17.1 Å². The molecular weight excluding hydrogens is 216 g/mol. The lowest BCUT2D eigenvalue weighted by Crippen LogP contribution is -2.32. The molecule has 1 heterocycles. The molecule has 0 spiro atoms. The van der Waals surface area contributed by atoms with Gasteiger partial charge in [0.1, 0.15) is 0 Å². The van der Waals surface area contributed by atoms with Gasteiger partial charge in [-0.2, -0.15) is 0 Å². The average Bonchev–Trinajstić information content (AvgIpc) is 2.23. The fourth-order valence-corrected chi connectivity index (χ4v) is 2.95. The normalized spacial score (nSPS) is 18.7. The Morgan fingerprint density at radius 3 is 2.62 bits per heavy atom. The predicted molar refractivity (Wildman–Crippen MR) is 70.2 cm³/mol. The van der Waals surface area contributed by atoms with Crippen molar-refractivity contribution in [2.24, 2.45) is 0 Å². The Balaban J connectivity index is 2.49. The summed E-state index contributed by atoms with van der Waals surface area (Å²) in [5, 5.41) is 0. The Hall–Kier alpha value is -0.760. The molecule has 16 heavy (non-hydrogen) atoms. The van der Waals surface area contributed by atoms with Crippen LogP contribution in [0.1, 0.15) is 55.1 Å². The van der Waals surface area contributed by atoms with Crippen molar-refractivity contribution in [3.63, 3.8) is 0 Å². The van der Waals surface area contributed by atoms with Crippen LogP contribution in [0.4, 0.5) is 0 Å². The smallest absolute Gasteiger partial charge is 0.178 e. The van der Waals surface area contributed by atoms with Gasteiger partial charge in [0.25, 0.3) is 0 Å².